The number of rotatable bonds is 3. The number of fused-ring (bicyclic) bond motifs is 1. The molecule has 0 N–H and O–H groups in total. The Balaban J connectivity index is 1.73. The summed E-state index contributed by atoms with van der Waals surface area (Å²) in [4.78, 5) is 9.62. The van der Waals surface area contributed by atoms with Crippen LogP contribution in [0.4, 0.5) is 0 Å². The van der Waals surface area contributed by atoms with E-state index in [-0.39, 0.29) is 0 Å². The van der Waals surface area contributed by atoms with Gasteiger partial charge in [-0.1, -0.05) is 6.92 Å². The lowest BCUT2D eigenvalue weighted by Gasteiger charge is -2.43. The number of piperazine rings is 1. The molecule has 0 radical (unpaired) electrons. The maximum Gasteiger partial charge on any atom is 0.0300 e. The Morgan fingerprint density at radius 1 is 1.37 bits per heavy atom. The van der Waals surface area contributed by atoms with Gasteiger partial charge in [-0.05, 0) is 49.9 Å². The van der Waals surface area contributed by atoms with Crippen LogP contribution in [0, 0.1) is 6.92 Å². The summed E-state index contributed by atoms with van der Waals surface area (Å²) in [5.41, 5.74) is 2.77. The quantitative estimate of drug-likeness (QED) is 0.831. The van der Waals surface area contributed by atoms with Crippen LogP contribution in [0.1, 0.15) is 37.3 Å². The summed E-state index contributed by atoms with van der Waals surface area (Å²) in [7, 11) is 0. The van der Waals surface area contributed by atoms with E-state index in [0.717, 1.165) is 18.6 Å². The zero-order valence-corrected chi connectivity index (χ0v) is 12.2. The lowest BCUT2D eigenvalue weighted by Crippen LogP contribution is -2.55. The Hall–Kier alpha value is -0.930. The third-order valence-corrected chi connectivity index (χ3v) is 4.89. The molecule has 3 heterocycles. The Bertz CT molecular complexity index is 432. The van der Waals surface area contributed by atoms with Gasteiger partial charge in [0.15, 0.2) is 0 Å². The van der Waals surface area contributed by atoms with Crippen molar-refractivity contribution in [3.05, 3.63) is 29.6 Å². The summed E-state index contributed by atoms with van der Waals surface area (Å²) in [6.07, 6.45) is 7.95. The van der Waals surface area contributed by atoms with Gasteiger partial charge in [-0.2, -0.15) is 0 Å². The summed E-state index contributed by atoms with van der Waals surface area (Å²) in [5, 5.41) is 0. The molecule has 0 bridgehead atoms. The van der Waals surface area contributed by atoms with E-state index >= 15 is 0 Å². The van der Waals surface area contributed by atoms with Gasteiger partial charge in [-0.25, -0.2) is 0 Å². The second-order valence-electron chi connectivity index (χ2n) is 6.08. The van der Waals surface area contributed by atoms with Crippen molar-refractivity contribution in [3.8, 4) is 0 Å². The van der Waals surface area contributed by atoms with E-state index in [1.165, 1.54) is 50.0 Å². The van der Waals surface area contributed by atoms with E-state index in [9.17, 15) is 0 Å². The third kappa shape index (κ3) is 2.67. The molecule has 2 unspecified atom stereocenters. The highest BCUT2D eigenvalue weighted by Gasteiger charge is 2.35. The number of hydrogen-bond donors (Lipinski definition) is 0. The van der Waals surface area contributed by atoms with Gasteiger partial charge in [-0.15, -0.1) is 0 Å². The summed E-state index contributed by atoms with van der Waals surface area (Å²) in [5.74, 6) is 0. The van der Waals surface area contributed by atoms with Gasteiger partial charge < -0.3 is 0 Å². The average Bonchev–Trinajstić information content (AvgIpc) is 2.87. The molecule has 2 fully saturated rings. The molecule has 3 nitrogen and oxygen atoms in total. The van der Waals surface area contributed by atoms with Gasteiger partial charge in [0.1, 0.15) is 0 Å². The van der Waals surface area contributed by atoms with E-state index in [1.54, 1.807) is 0 Å². The van der Waals surface area contributed by atoms with Crippen LogP contribution >= 0.6 is 0 Å². The summed E-state index contributed by atoms with van der Waals surface area (Å²) < 4.78 is 0. The second kappa shape index (κ2) is 5.59. The Labute approximate surface area is 116 Å². The monoisotopic (exact) mass is 259 g/mol. The molecule has 3 rings (SSSR count). The Kier molecular flexibility index (Phi) is 3.85. The third-order valence-electron chi connectivity index (χ3n) is 4.89. The van der Waals surface area contributed by atoms with Crippen molar-refractivity contribution in [2.24, 2.45) is 0 Å². The highest BCUT2D eigenvalue weighted by atomic mass is 15.3. The topological polar surface area (TPSA) is 19.4 Å². The van der Waals surface area contributed by atoms with E-state index in [0.29, 0.717) is 0 Å². The van der Waals surface area contributed by atoms with Crippen molar-refractivity contribution >= 4 is 0 Å². The van der Waals surface area contributed by atoms with Crippen LogP contribution in [0.5, 0.6) is 0 Å². The van der Waals surface area contributed by atoms with E-state index in [1.807, 2.05) is 12.4 Å². The first-order valence-electron chi connectivity index (χ1n) is 7.65. The first-order valence-corrected chi connectivity index (χ1v) is 7.65. The molecule has 0 aliphatic carbocycles. The van der Waals surface area contributed by atoms with Gasteiger partial charge in [-0.3, -0.25) is 14.8 Å². The van der Waals surface area contributed by atoms with Gasteiger partial charge in [0.05, 0.1) is 0 Å². The van der Waals surface area contributed by atoms with E-state index < -0.39 is 0 Å². The Morgan fingerprint density at radius 3 is 3.05 bits per heavy atom. The van der Waals surface area contributed by atoms with Gasteiger partial charge in [0.25, 0.3) is 0 Å². The van der Waals surface area contributed by atoms with Gasteiger partial charge in [0.2, 0.25) is 0 Å². The fourth-order valence-corrected chi connectivity index (χ4v) is 3.63. The normalized spacial score (nSPS) is 28.5. The molecule has 2 aliphatic rings. The first kappa shape index (κ1) is 13.1. The molecule has 0 aromatic carbocycles. The SMILES string of the molecule is CCC1CN2CCCC2CN1Cc1ccncc1C. The van der Waals surface area contributed by atoms with Crippen LogP contribution in [0.25, 0.3) is 0 Å². The van der Waals surface area contributed by atoms with Gasteiger partial charge in [0, 0.05) is 44.1 Å². The fraction of sp³-hybridized carbons (Fsp3) is 0.688. The zero-order valence-electron chi connectivity index (χ0n) is 12.2. The maximum atomic E-state index is 4.20. The smallest absolute Gasteiger partial charge is 0.0300 e. The standard InChI is InChI=1S/C16H25N3/c1-3-15-11-18-8-4-5-16(18)12-19(15)10-14-6-7-17-9-13(14)2/h6-7,9,15-16H,3-5,8,10-12H2,1-2H3. The predicted molar refractivity (Wildman–Crippen MR) is 78.1 cm³/mol. The molecular formula is C16H25N3. The summed E-state index contributed by atoms with van der Waals surface area (Å²) in [6, 6.07) is 3.72. The number of aryl methyl sites for hydroxylation is 1. The number of nitrogens with zero attached hydrogens (tertiary/aromatic N) is 3. The number of hydrogen-bond acceptors (Lipinski definition) is 3. The summed E-state index contributed by atoms with van der Waals surface area (Å²) >= 11 is 0. The molecule has 0 amide bonds. The lowest BCUT2D eigenvalue weighted by molar-refractivity contribution is 0.0436. The predicted octanol–water partition coefficient (Wildman–Crippen LogP) is 2.45. The van der Waals surface area contributed by atoms with Crippen LogP contribution in [0.2, 0.25) is 0 Å². The summed E-state index contributed by atoms with van der Waals surface area (Å²) in [6.45, 7) is 9.44. The second-order valence-corrected chi connectivity index (χ2v) is 6.08. The molecule has 2 aliphatic heterocycles. The van der Waals surface area contributed by atoms with Crippen molar-refractivity contribution in [3.63, 3.8) is 0 Å². The highest BCUT2D eigenvalue weighted by Crippen LogP contribution is 2.27. The molecule has 104 valence electrons. The molecule has 2 atom stereocenters. The van der Waals surface area contributed by atoms with Crippen LogP contribution in [-0.4, -0.2) is 46.5 Å². The molecule has 0 spiro atoms. The number of pyridine rings is 1. The van der Waals surface area contributed by atoms with Crippen molar-refractivity contribution in [2.45, 2.75) is 51.7 Å². The van der Waals surface area contributed by atoms with Crippen LogP contribution in [0.3, 0.4) is 0 Å². The van der Waals surface area contributed by atoms with Crippen molar-refractivity contribution < 1.29 is 0 Å². The maximum absolute atomic E-state index is 4.20. The minimum absolute atomic E-state index is 0.724. The minimum atomic E-state index is 0.724. The molecule has 1 aromatic heterocycles. The zero-order chi connectivity index (χ0) is 13.2. The molecule has 1 aromatic rings. The van der Waals surface area contributed by atoms with Crippen LogP contribution in [-0.2, 0) is 6.54 Å². The number of aromatic nitrogens is 1. The van der Waals surface area contributed by atoms with Crippen molar-refractivity contribution in [2.75, 3.05) is 19.6 Å². The molecule has 19 heavy (non-hydrogen) atoms. The minimum Gasteiger partial charge on any atom is -0.298 e. The lowest BCUT2D eigenvalue weighted by atomic mass is 10.0. The van der Waals surface area contributed by atoms with Crippen LogP contribution < -0.4 is 0 Å². The average molecular weight is 259 g/mol. The van der Waals surface area contributed by atoms with E-state index in [2.05, 4.69) is 34.7 Å². The molecule has 0 saturated carbocycles. The van der Waals surface area contributed by atoms with Crippen LogP contribution in [0.15, 0.2) is 18.5 Å². The molecule has 2 saturated heterocycles. The Morgan fingerprint density at radius 2 is 2.26 bits per heavy atom. The highest BCUT2D eigenvalue weighted by molar-refractivity contribution is 5.21. The van der Waals surface area contributed by atoms with Crippen molar-refractivity contribution in [1.29, 1.82) is 0 Å². The fourth-order valence-electron chi connectivity index (χ4n) is 3.63. The molecular weight excluding hydrogens is 234 g/mol. The molecule has 3 heteroatoms. The van der Waals surface area contributed by atoms with Crippen molar-refractivity contribution in [1.82, 2.24) is 14.8 Å². The first-order chi connectivity index (χ1) is 9.28. The largest absolute Gasteiger partial charge is 0.298 e. The van der Waals surface area contributed by atoms with Gasteiger partial charge >= 0.3 is 0 Å². The van der Waals surface area contributed by atoms with E-state index in [4.69, 9.17) is 0 Å².